The Morgan fingerprint density at radius 1 is 1.03 bits per heavy atom. The van der Waals surface area contributed by atoms with Crippen LogP contribution in [0.3, 0.4) is 0 Å². The normalized spacial score (nSPS) is 18.6. The number of nitrogens with zero attached hydrogens (tertiary/aromatic N) is 2. The Kier molecular flexibility index (Phi) is 6.70. The maximum atomic E-state index is 14.0. The number of likely N-dealkylation sites (tertiary alicyclic amines) is 1. The number of ketones is 1. The zero-order chi connectivity index (χ0) is 22.9. The topological polar surface area (TPSA) is 84.0 Å². The molecule has 3 heterocycles. The first-order valence-corrected chi connectivity index (χ1v) is 12.5. The molecule has 7 nitrogen and oxygen atoms in total. The molecule has 1 aromatic heterocycles. The van der Waals surface area contributed by atoms with E-state index in [1.54, 1.807) is 5.38 Å². The summed E-state index contributed by atoms with van der Waals surface area (Å²) in [5, 5.41) is 1.57. The van der Waals surface area contributed by atoms with Gasteiger partial charge in [0.2, 0.25) is 10.0 Å². The van der Waals surface area contributed by atoms with Crippen LogP contribution in [0.5, 0.6) is 0 Å². The molecule has 2 saturated heterocycles. The fraction of sp³-hybridized carbons (Fsp3) is 0.429. The first-order valence-electron chi connectivity index (χ1n) is 10.2. The molecular formula is C21H22F2N2O5S2. The second kappa shape index (κ2) is 9.34. The van der Waals surface area contributed by atoms with Gasteiger partial charge in [-0.2, -0.15) is 4.31 Å². The zero-order valence-corrected chi connectivity index (χ0v) is 18.8. The van der Waals surface area contributed by atoms with Gasteiger partial charge in [0.15, 0.2) is 5.78 Å². The number of ether oxygens (including phenoxy) is 1. The van der Waals surface area contributed by atoms with Crippen LogP contribution in [-0.4, -0.2) is 68.7 Å². The quantitative estimate of drug-likeness (QED) is 0.610. The second-order valence-electron chi connectivity index (χ2n) is 7.69. The van der Waals surface area contributed by atoms with E-state index in [4.69, 9.17) is 4.74 Å². The van der Waals surface area contributed by atoms with E-state index in [-0.39, 0.29) is 54.4 Å². The maximum Gasteiger partial charge on any atom is 0.265 e. The summed E-state index contributed by atoms with van der Waals surface area (Å²) in [5.74, 6) is -2.88. The Labute approximate surface area is 188 Å². The Balaban J connectivity index is 1.45. The highest BCUT2D eigenvalue weighted by molar-refractivity contribution is 7.89. The Bertz CT molecular complexity index is 1120. The lowest BCUT2D eigenvalue weighted by molar-refractivity contribution is 0.0648. The van der Waals surface area contributed by atoms with Crippen molar-refractivity contribution in [2.45, 2.75) is 17.7 Å². The number of hydrogen-bond acceptors (Lipinski definition) is 6. The van der Waals surface area contributed by atoms with Crippen molar-refractivity contribution in [2.75, 3.05) is 39.4 Å². The molecule has 0 aliphatic carbocycles. The molecule has 0 N–H and O–H groups in total. The monoisotopic (exact) mass is 484 g/mol. The number of sulfonamides is 1. The summed E-state index contributed by atoms with van der Waals surface area (Å²) in [6, 6.07) is 4.21. The number of amides is 1. The fourth-order valence-electron chi connectivity index (χ4n) is 3.98. The molecule has 2 aliphatic rings. The Morgan fingerprint density at radius 2 is 1.72 bits per heavy atom. The predicted molar refractivity (Wildman–Crippen MR) is 113 cm³/mol. The van der Waals surface area contributed by atoms with E-state index < -0.39 is 39.3 Å². The van der Waals surface area contributed by atoms with E-state index in [9.17, 15) is 26.8 Å². The molecule has 2 aromatic rings. The summed E-state index contributed by atoms with van der Waals surface area (Å²) in [4.78, 5) is 27.4. The molecule has 172 valence electrons. The van der Waals surface area contributed by atoms with Gasteiger partial charge in [0, 0.05) is 32.1 Å². The van der Waals surface area contributed by atoms with Crippen LogP contribution in [0.15, 0.2) is 34.5 Å². The highest BCUT2D eigenvalue weighted by Gasteiger charge is 2.35. The lowest BCUT2D eigenvalue weighted by Gasteiger charge is -2.31. The summed E-state index contributed by atoms with van der Waals surface area (Å²) >= 11 is 1.06. The molecule has 2 fully saturated rings. The summed E-state index contributed by atoms with van der Waals surface area (Å²) < 4.78 is 59.9. The Hall–Kier alpha value is -2.21. The molecule has 2 aliphatic heterocycles. The SMILES string of the molecule is O=C(c1cc(F)ccc1F)C1CCN(C(=O)c2sccc2S(=O)(=O)N2CCOCC2)CC1. The molecule has 1 aromatic carbocycles. The standard InChI is InChI=1S/C21H22F2N2O5S2/c22-15-1-2-17(23)16(13-15)19(26)14-3-6-24(7-4-14)21(27)20-18(5-12-31-20)32(28,29)25-8-10-30-11-9-25/h1-2,5,12-14H,3-4,6-11H2. The van der Waals surface area contributed by atoms with Gasteiger partial charge in [-0.1, -0.05) is 0 Å². The van der Waals surface area contributed by atoms with Crippen molar-refractivity contribution in [1.29, 1.82) is 0 Å². The largest absolute Gasteiger partial charge is 0.379 e. The van der Waals surface area contributed by atoms with Gasteiger partial charge in [-0.05, 0) is 42.5 Å². The highest BCUT2D eigenvalue weighted by Crippen LogP contribution is 2.30. The van der Waals surface area contributed by atoms with Crippen molar-refractivity contribution in [2.24, 2.45) is 5.92 Å². The van der Waals surface area contributed by atoms with E-state index in [1.165, 1.54) is 15.3 Å². The van der Waals surface area contributed by atoms with Crippen LogP contribution in [0.25, 0.3) is 0 Å². The zero-order valence-electron chi connectivity index (χ0n) is 17.1. The van der Waals surface area contributed by atoms with Crippen LogP contribution in [0.4, 0.5) is 8.78 Å². The molecule has 4 rings (SSSR count). The number of halogens is 2. The number of thiophene rings is 1. The van der Waals surface area contributed by atoms with E-state index in [0.717, 1.165) is 29.5 Å². The van der Waals surface area contributed by atoms with Crippen LogP contribution < -0.4 is 0 Å². The van der Waals surface area contributed by atoms with Crippen molar-refractivity contribution in [3.63, 3.8) is 0 Å². The van der Waals surface area contributed by atoms with Gasteiger partial charge in [0.05, 0.1) is 18.8 Å². The molecule has 1 amide bonds. The minimum atomic E-state index is -3.82. The minimum absolute atomic E-state index is 0.0190. The first-order chi connectivity index (χ1) is 15.3. The number of morpholine rings is 1. The molecule has 0 bridgehead atoms. The van der Waals surface area contributed by atoms with E-state index in [0.29, 0.717) is 13.2 Å². The summed E-state index contributed by atoms with van der Waals surface area (Å²) in [6.07, 6.45) is 0.578. The van der Waals surface area contributed by atoms with Gasteiger partial charge in [0.25, 0.3) is 5.91 Å². The van der Waals surface area contributed by atoms with Gasteiger partial charge in [-0.25, -0.2) is 17.2 Å². The van der Waals surface area contributed by atoms with Gasteiger partial charge < -0.3 is 9.64 Å². The average molecular weight is 485 g/mol. The Morgan fingerprint density at radius 3 is 2.41 bits per heavy atom. The van der Waals surface area contributed by atoms with Gasteiger partial charge in [0.1, 0.15) is 21.4 Å². The summed E-state index contributed by atoms with van der Waals surface area (Å²) in [5.41, 5.74) is -0.285. The van der Waals surface area contributed by atoms with Gasteiger partial charge in [-0.15, -0.1) is 11.3 Å². The lowest BCUT2D eigenvalue weighted by atomic mass is 9.88. The lowest BCUT2D eigenvalue weighted by Crippen LogP contribution is -2.42. The van der Waals surface area contributed by atoms with Crippen LogP contribution in [0, 0.1) is 17.6 Å². The molecule has 0 unspecified atom stereocenters. The van der Waals surface area contributed by atoms with E-state index in [1.807, 2.05) is 0 Å². The molecule has 0 radical (unpaired) electrons. The number of rotatable bonds is 5. The summed E-state index contributed by atoms with van der Waals surface area (Å²) in [6.45, 7) is 1.52. The predicted octanol–water partition coefficient (Wildman–Crippen LogP) is 2.78. The summed E-state index contributed by atoms with van der Waals surface area (Å²) in [7, 11) is -3.82. The number of piperidine rings is 1. The molecule has 0 spiro atoms. The minimum Gasteiger partial charge on any atom is -0.379 e. The number of Topliss-reactive ketones (excluding diaryl/α,β-unsaturated/α-hetero) is 1. The van der Waals surface area contributed by atoms with Crippen molar-refractivity contribution >= 4 is 33.1 Å². The number of carbonyl (C=O) groups is 2. The molecular weight excluding hydrogens is 462 g/mol. The third-order valence-corrected chi connectivity index (χ3v) is 8.73. The van der Waals surface area contributed by atoms with Crippen molar-refractivity contribution < 1.29 is 31.5 Å². The fourth-order valence-corrected chi connectivity index (χ4v) is 6.75. The first kappa shape index (κ1) is 23.0. The molecule has 11 heteroatoms. The van der Waals surface area contributed by atoms with Crippen LogP contribution >= 0.6 is 11.3 Å². The molecule has 0 atom stereocenters. The third-order valence-electron chi connectivity index (χ3n) is 5.76. The van der Waals surface area contributed by atoms with Gasteiger partial charge >= 0.3 is 0 Å². The van der Waals surface area contributed by atoms with Crippen molar-refractivity contribution in [3.8, 4) is 0 Å². The van der Waals surface area contributed by atoms with Crippen LogP contribution in [0.1, 0.15) is 32.9 Å². The van der Waals surface area contributed by atoms with Crippen LogP contribution in [0.2, 0.25) is 0 Å². The maximum absolute atomic E-state index is 14.0. The van der Waals surface area contributed by atoms with Crippen molar-refractivity contribution in [1.82, 2.24) is 9.21 Å². The van der Waals surface area contributed by atoms with E-state index in [2.05, 4.69) is 0 Å². The van der Waals surface area contributed by atoms with Crippen molar-refractivity contribution in [3.05, 3.63) is 51.7 Å². The number of benzene rings is 1. The third kappa shape index (κ3) is 4.47. The average Bonchev–Trinajstić information content (AvgIpc) is 3.31. The van der Waals surface area contributed by atoms with Gasteiger partial charge in [-0.3, -0.25) is 9.59 Å². The molecule has 0 saturated carbocycles. The second-order valence-corrected chi connectivity index (χ2v) is 10.5. The van der Waals surface area contributed by atoms with Crippen LogP contribution in [-0.2, 0) is 14.8 Å². The smallest absolute Gasteiger partial charge is 0.265 e. The van der Waals surface area contributed by atoms with E-state index >= 15 is 0 Å². The number of carbonyl (C=O) groups excluding carboxylic acids is 2. The highest BCUT2D eigenvalue weighted by atomic mass is 32.2. The molecule has 32 heavy (non-hydrogen) atoms. The number of hydrogen-bond donors (Lipinski definition) is 0.